The first kappa shape index (κ1) is 21.2. The normalized spacial score (nSPS) is 14.5. The van der Waals surface area contributed by atoms with Gasteiger partial charge in [-0.25, -0.2) is 9.18 Å². The fraction of sp³-hybridized carbons (Fsp3) is 0.143. The molecule has 0 amide bonds. The average molecular weight is 468 g/mol. The fourth-order valence-corrected chi connectivity index (χ4v) is 4.99. The first-order valence-corrected chi connectivity index (χ1v) is 11.3. The van der Waals surface area contributed by atoms with E-state index in [9.17, 15) is 14.0 Å². The quantitative estimate of drug-likeness (QED) is 0.381. The Hall–Kier alpha value is -4.39. The molecule has 3 aromatic carbocycles. The zero-order valence-electron chi connectivity index (χ0n) is 19.4. The van der Waals surface area contributed by atoms with Gasteiger partial charge in [0.15, 0.2) is 6.10 Å². The van der Waals surface area contributed by atoms with Gasteiger partial charge in [-0.3, -0.25) is 13.9 Å². The number of hydrogen-bond acceptors (Lipinski definition) is 3. The number of halogens is 1. The first-order valence-electron chi connectivity index (χ1n) is 11.3. The van der Waals surface area contributed by atoms with Crippen LogP contribution in [0.1, 0.15) is 22.9 Å². The van der Waals surface area contributed by atoms with Gasteiger partial charge in [0.2, 0.25) is 0 Å². The summed E-state index contributed by atoms with van der Waals surface area (Å²) in [5.41, 5.74) is 4.17. The van der Waals surface area contributed by atoms with Crippen LogP contribution in [0, 0.1) is 12.7 Å². The lowest BCUT2D eigenvalue weighted by Gasteiger charge is -2.30. The minimum absolute atomic E-state index is 0.393. The van der Waals surface area contributed by atoms with Gasteiger partial charge in [0.05, 0.1) is 28.0 Å². The van der Waals surface area contributed by atoms with E-state index in [-0.39, 0.29) is 0 Å². The van der Waals surface area contributed by atoms with Gasteiger partial charge in [-0.15, -0.1) is 0 Å². The van der Waals surface area contributed by atoms with Crippen LogP contribution in [0.15, 0.2) is 82.4 Å². The van der Waals surface area contributed by atoms with Crippen LogP contribution in [0.5, 0.6) is 5.75 Å². The second-order valence-electron chi connectivity index (χ2n) is 8.89. The molecule has 3 heterocycles. The molecular formula is C28H22FN3O3. The van der Waals surface area contributed by atoms with Crippen molar-refractivity contribution in [2.75, 3.05) is 0 Å². The van der Waals surface area contributed by atoms with Gasteiger partial charge in [-0.2, -0.15) is 0 Å². The molecule has 6 rings (SSSR count). The maximum absolute atomic E-state index is 14.3. The Morgan fingerprint density at radius 1 is 0.886 bits per heavy atom. The van der Waals surface area contributed by atoms with Gasteiger partial charge in [-0.05, 0) is 36.8 Å². The number of fused-ring (bicyclic) bond motifs is 5. The summed E-state index contributed by atoms with van der Waals surface area (Å²) in [6.45, 7) is 2.00. The number of ether oxygens (including phenoxy) is 1. The van der Waals surface area contributed by atoms with Crippen LogP contribution in [0.2, 0.25) is 0 Å². The predicted octanol–water partition coefficient (Wildman–Crippen LogP) is 4.62. The molecule has 0 unspecified atom stereocenters. The van der Waals surface area contributed by atoms with Crippen LogP contribution < -0.4 is 16.0 Å². The minimum atomic E-state index is -0.736. The summed E-state index contributed by atoms with van der Waals surface area (Å²) in [4.78, 5) is 26.7. The van der Waals surface area contributed by atoms with Crippen molar-refractivity contribution < 1.29 is 9.13 Å². The molecule has 1 aliphatic rings. The van der Waals surface area contributed by atoms with E-state index < -0.39 is 23.2 Å². The van der Waals surface area contributed by atoms with Crippen molar-refractivity contribution in [1.82, 2.24) is 13.7 Å². The Morgan fingerprint density at radius 2 is 1.63 bits per heavy atom. The van der Waals surface area contributed by atoms with Gasteiger partial charge >= 0.3 is 5.69 Å². The van der Waals surface area contributed by atoms with Gasteiger partial charge in [0.1, 0.15) is 11.6 Å². The molecule has 0 spiro atoms. The van der Waals surface area contributed by atoms with Crippen molar-refractivity contribution in [1.29, 1.82) is 0 Å². The highest BCUT2D eigenvalue weighted by Gasteiger charge is 2.36. The van der Waals surface area contributed by atoms with Gasteiger partial charge in [-0.1, -0.05) is 54.1 Å². The number of nitrogens with zero attached hydrogens (tertiary/aromatic N) is 3. The monoisotopic (exact) mass is 467 g/mol. The highest BCUT2D eigenvalue weighted by Crippen LogP contribution is 2.46. The molecule has 0 radical (unpaired) electrons. The molecule has 0 saturated heterocycles. The highest BCUT2D eigenvalue weighted by atomic mass is 19.1. The molecule has 2 aromatic heterocycles. The Bertz CT molecular complexity index is 1760. The van der Waals surface area contributed by atoms with E-state index in [0.29, 0.717) is 33.6 Å². The first-order chi connectivity index (χ1) is 16.9. The van der Waals surface area contributed by atoms with E-state index in [4.69, 9.17) is 4.74 Å². The molecule has 0 aliphatic carbocycles. The van der Waals surface area contributed by atoms with Crippen LogP contribution >= 0.6 is 0 Å². The zero-order chi connectivity index (χ0) is 24.4. The van der Waals surface area contributed by atoms with Crippen molar-refractivity contribution in [3.63, 3.8) is 0 Å². The molecule has 0 saturated carbocycles. The van der Waals surface area contributed by atoms with Crippen molar-refractivity contribution >= 4 is 10.9 Å². The molecule has 35 heavy (non-hydrogen) atoms. The summed E-state index contributed by atoms with van der Waals surface area (Å²) in [5, 5.41) is 0.412. The molecule has 174 valence electrons. The maximum atomic E-state index is 14.3. The Kier molecular flexibility index (Phi) is 4.57. The van der Waals surface area contributed by atoms with Crippen LogP contribution in [0.3, 0.4) is 0 Å². The third-order valence-electron chi connectivity index (χ3n) is 6.68. The summed E-state index contributed by atoms with van der Waals surface area (Å²) in [6, 6.07) is 21.7. The Morgan fingerprint density at radius 3 is 2.37 bits per heavy atom. The second-order valence-corrected chi connectivity index (χ2v) is 8.89. The van der Waals surface area contributed by atoms with E-state index in [1.807, 2.05) is 60.0 Å². The molecule has 6 nitrogen and oxygen atoms in total. The highest BCUT2D eigenvalue weighted by molar-refractivity contribution is 5.98. The number of aryl methyl sites for hydroxylation is 2. The van der Waals surface area contributed by atoms with Crippen molar-refractivity contribution in [2.45, 2.75) is 13.0 Å². The minimum Gasteiger partial charge on any atom is -0.477 e. The topological polar surface area (TPSA) is 58.2 Å². The lowest BCUT2D eigenvalue weighted by molar-refractivity contribution is 0.228. The molecule has 7 heteroatoms. The third-order valence-corrected chi connectivity index (χ3v) is 6.68. The number of para-hydroxylation sites is 2. The van der Waals surface area contributed by atoms with Crippen LogP contribution in [0.4, 0.5) is 4.39 Å². The summed E-state index contributed by atoms with van der Waals surface area (Å²) in [6.07, 6.45) is -0.736. The van der Waals surface area contributed by atoms with E-state index in [1.54, 1.807) is 19.2 Å². The van der Waals surface area contributed by atoms with E-state index in [2.05, 4.69) is 0 Å². The number of benzene rings is 3. The largest absolute Gasteiger partial charge is 0.477 e. The van der Waals surface area contributed by atoms with E-state index in [0.717, 1.165) is 21.4 Å². The maximum Gasteiger partial charge on any atom is 0.331 e. The van der Waals surface area contributed by atoms with E-state index in [1.165, 1.54) is 23.7 Å². The number of hydrogen-bond donors (Lipinski definition) is 0. The SMILES string of the molecule is Cc1ccc(-c2c3c(=O)n(C)c(=O)n(C)c3c3n2-c2ccccc2O[C@H]3c2cccc(F)c2)cc1. The second kappa shape index (κ2) is 7.56. The lowest BCUT2D eigenvalue weighted by atomic mass is 10.0. The molecule has 0 N–H and O–H groups in total. The van der Waals surface area contributed by atoms with Crippen molar-refractivity contribution in [3.05, 3.63) is 116 Å². The van der Waals surface area contributed by atoms with Gasteiger partial charge < -0.3 is 9.30 Å². The Balaban J connectivity index is 1.86. The fourth-order valence-electron chi connectivity index (χ4n) is 4.99. The van der Waals surface area contributed by atoms with Crippen molar-refractivity contribution in [2.24, 2.45) is 14.1 Å². The van der Waals surface area contributed by atoms with Gasteiger partial charge in [0.25, 0.3) is 5.56 Å². The molecular weight excluding hydrogens is 445 g/mol. The number of aromatic nitrogens is 3. The van der Waals surface area contributed by atoms with Crippen LogP contribution in [-0.4, -0.2) is 13.7 Å². The molecule has 1 aliphatic heterocycles. The summed E-state index contributed by atoms with van der Waals surface area (Å²) in [7, 11) is 3.13. The lowest BCUT2D eigenvalue weighted by Crippen LogP contribution is -2.37. The Labute approximate surface area is 200 Å². The van der Waals surface area contributed by atoms with Crippen LogP contribution in [-0.2, 0) is 14.1 Å². The summed E-state index contributed by atoms with van der Waals surface area (Å²) >= 11 is 0. The zero-order valence-corrected chi connectivity index (χ0v) is 19.4. The molecule has 5 aromatic rings. The summed E-state index contributed by atoms with van der Waals surface area (Å²) in [5.74, 6) is 0.209. The average Bonchev–Trinajstić information content (AvgIpc) is 3.23. The number of rotatable bonds is 2. The molecule has 0 bridgehead atoms. The smallest absolute Gasteiger partial charge is 0.331 e. The van der Waals surface area contributed by atoms with Crippen LogP contribution in [0.25, 0.3) is 27.8 Å². The van der Waals surface area contributed by atoms with E-state index >= 15 is 0 Å². The standard InChI is InChI=1S/C28H22FN3O3/c1-16-11-13-17(14-12-16)23-22-24(30(2)28(34)31(3)27(22)33)25-26(18-7-6-8-19(29)15-18)35-21-10-5-4-9-20(21)32(23)25/h4-15,26H,1-3H3/t26-/m0/s1. The van der Waals surface area contributed by atoms with Gasteiger partial charge in [0, 0.05) is 19.7 Å². The third kappa shape index (κ3) is 3.01. The summed E-state index contributed by atoms with van der Waals surface area (Å²) < 4.78 is 25.3. The molecule has 1 atom stereocenters. The molecule has 0 fully saturated rings. The predicted molar refractivity (Wildman–Crippen MR) is 133 cm³/mol. The van der Waals surface area contributed by atoms with Crippen molar-refractivity contribution in [3.8, 4) is 22.7 Å².